The zero-order valence-electron chi connectivity index (χ0n) is 13.5. The minimum absolute atomic E-state index is 0.00332. The highest BCUT2D eigenvalue weighted by atomic mass is 16.5. The largest absolute Gasteiger partial charge is 0.380 e. The Morgan fingerprint density at radius 3 is 2.71 bits per heavy atom. The van der Waals surface area contributed by atoms with Gasteiger partial charge in [-0.25, -0.2) is 4.98 Å². The Morgan fingerprint density at radius 2 is 2.10 bits per heavy atom. The van der Waals surface area contributed by atoms with Crippen LogP contribution in [0.2, 0.25) is 0 Å². The van der Waals surface area contributed by atoms with Gasteiger partial charge in [-0.15, -0.1) is 0 Å². The summed E-state index contributed by atoms with van der Waals surface area (Å²) in [5.74, 6) is 0.686. The van der Waals surface area contributed by atoms with Gasteiger partial charge in [0.25, 0.3) is 5.91 Å². The van der Waals surface area contributed by atoms with Crippen molar-refractivity contribution < 1.29 is 9.53 Å². The SMILES string of the molecule is CCCNc1cc(C(=O)NCC(C)OC)cc(CCC)n1. The molecule has 1 heterocycles. The molecule has 0 saturated heterocycles. The first kappa shape index (κ1) is 17.4. The summed E-state index contributed by atoms with van der Waals surface area (Å²) < 4.78 is 5.14. The van der Waals surface area contributed by atoms with E-state index in [1.165, 1.54) is 0 Å². The monoisotopic (exact) mass is 293 g/mol. The molecule has 0 aromatic carbocycles. The molecule has 0 aliphatic carbocycles. The number of methoxy groups -OCH3 is 1. The number of rotatable bonds is 9. The maximum atomic E-state index is 12.2. The van der Waals surface area contributed by atoms with Crippen molar-refractivity contribution in [2.75, 3.05) is 25.5 Å². The van der Waals surface area contributed by atoms with Gasteiger partial charge in [0.15, 0.2) is 0 Å². The number of aromatic nitrogens is 1. The molecule has 118 valence electrons. The third-order valence-corrected chi connectivity index (χ3v) is 3.16. The predicted molar refractivity (Wildman–Crippen MR) is 85.8 cm³/mol. The minimum Gasteiger partial charge on any atom is -0.380 e. The molecule has 5 heteroatoms. The summed E-state index contributed by atoms with van der Waals surface area (Å²) in [7, 11) is 1.63. The van der Waals surface area contributed by atoms with Crippen molar-refractivity contribution in [2.24, 2.45) is 0 Å². The van der Waals surface area contributed by atoms with E-state index >= 15 is 0 Å². The molecule has 0 bridgehead atoms. The Hall–Kier alpha value is -1.62. The average molecular weight is 293 g/mol. The number of amides is 1. The van der Waals surface area contributed by atoms with Gasteiger partial charge in [-0.05, 0) is 31.9 Å². The molecule has 0 aliphatic heterocycles. The third-order valence-electron chi connectivity index (χ3n) is 3.16. The molecule has 0 radical (unpaired) electrons. The van der Waals surface area contributed by atoms with E-state index in [4.69, 9.17) is 4.74 Å². The van der Waals surface area contributed by atoms with E-state index in [0.717, 1.165) is 37.3 Å². The van der Waals surface area contributed by atoms with Crippen LogP contribution in [-0.2, 0) is 11.2 Å². The molecule has 1 rings (SSSR count). The van der Waals surface area contributed by atoms with Crippen LogP contribution in [0.25, 0.3) is 0 Å². The van der Waals surface area contributed by atoms with Gasteiger partial charge in [-0.1, -0.05) is 20.3 Å². The van der Waals surface area contributed by atoms with Gasteiger partial charge in [-0.3, -0.25) is 4.79 Å². The van der Waals surface area contributed by atoms with E-state index in [-0.39, 0.29) is 12.0 Å². The molecule has 5 nitrogen and oxygen atoms in total. The molecule has 0 saturated carbocycles. The second-order valence-electron chi connectivity index (χ2n) is 5.17. The van der Waals surface area contributed by atoms with Gasteiger partial charge in [0.1, 0.15) is 5.82 Å². The van der Waals surface area contributed by atoms with E-state index in [2.05, 4.69) is 29.5 Å². The Morgan fingerprint density at radius 1 is 1.33 bits per heavy atom. The van der Waals surface area contributed by atoms with Crippen LogP contribution in [0.15, 0.2) is 12.1 Å². The van der Waals surface area contributed by atoms with Crippen LogP contribution >= 0.6 is 0 Å². The fourth-order valence-electron chi connectivity index (χ4n) is 1.87. The van der Waals surface area contributed by atoms with Gasteiger partial charge in [0, 0.05) is 31.5 Å². The zero-order chi connectivity index (χ0) is 15.7. The molecular weight excluding hydrogens is 266 g/mol. The van der Waals surface area contributed by atoms with Gasteiger partial charge < -0.3 is 15.4 Å². The zero-order valence-corrected chi connectivity index (χ0v) is 13.5. The van der Waals surface area contributed by atoms with Crippen molar-refractivity contribution in [2.45, 2.75) is 46.1 Å². The maximum Gasteiger partial charge on any atom is 0.251 e. The highest BCUT2D eigenvalue weighted by Gasteiger charge is 2.11. The van der Waals surface area contributed by atoms with Gasteiger partial charge in [0.2, 0.25) is 0 Å². The molecule has 1 aromatic heterocycles. The summed E-state index contributed by atoms with van der Waals surface area (Å²) >= 11 is 0. The van der Waals surface area contributed by atoms with Crippen LogP contribution in [0.3, 0.4) is 0 Å². The molecule has 1 aromatic rings. The van der Waals surface area contributed by atoms with Crippen LogP contribution in [0.1, 0.15) is 49.7 Å². The topological polar surface area (TPSA) is 63.2 Å². The minimum atomic E-state index is -0.0850. The van der Waals surface area contributed by atoms with Crippen molar-refractivity contribution in [3.8, 4) is 0 Å². The number of nitrogens with one attached hydrogen (secondary N) is 2. The normalized spacial score (nSPS) is 12.0. The first-order valence-corrected chi connectivity index (χ1v) is 7.66. The number of hydrogen-bond acceptors (Lipinski definition) is 4. The standard InChI is InChI=1S/C16H27N3O2/c1-5-7-14-9-13(10-15(19-14)17-8-6-2)16(20)18-11-12(3)21-4/h9-10,12H,5-8,11H2,1-4H3,(H,17,19)(H,18,20). The van der Waals surface area contributed by atoms with Gasteiger partial charge >= 0.3 is 0 Å². The Bertz CT molecular complexity index is 449. The number of anilines is 1. The lowest BCUT2D eigenvalue weighted by Gasteiger charge is -2.13. The fraction of sp³-hybridized carbons (Fsp3) is 0.625. The van der Waals surface area contributed by atoms with Crippen LogP contribution in [-0.4, -0.2) is 37.2 Å². The number of aryl methyl sites for hydroxylation is 1. The molecule has 21 heavy (non-hydrogen) atoms. The molecule has 0 aliphatic rings. The van der Waals surface area contributed by atoms with Crippen LogP contribution in [0.4, 0.5) is 5.82 Å². The summed E-state index contributed by atoms with van der Waals surface area (Å²) in [5, 5.41) is 6.13. The quantitative estimate of drug-likeness (QED) is 0.734. The molecule has 1 unspecified atom stereocenters. The Kier molecular flexibility index (Phi) is 7.75. The first-order valence-electron chi connectivity index (χ1n) is 7.66. The lowest BCUT2D eigenvalue weighted by Crippen LogP contribution is -2.31. The number of carbonyl (C=O) groups is 1. The summed E-state index contributed by atoms with van der Waals surface area (Å²) in [6.07, 6.45) is 2.90. The third kappa shape index (κ3) is 6.12. The van der Waals surface area contributed by atoms with Crippen molar-refractivity contribution in [1.82, 2.24) is 10.3 Å². The van der Waals surface area contributed by atoms with Gasteiger partial charge in [-0.2, -0.15) is 0 Å². The van der Waals surface area contributed by atoms with E-state index in [1.807, 2.05) is 19.1 Å². The summed E-state index contributed by atoms with van der Waals surface area (Å²) in [6, 6.07) is 3.68. The average Bonchev–Trinajstić information content (AvgIpc) is 2.50. The Labute approximate surface area is 127 Å². The summed E-state index contributed by atoms with van der Waals surface area (Å²) in [5.41, 5.74) is 1.60. The first-order chi connectivity index (χ1) is 10.1. The van der Waals surface area contributed by atoms with Crippen LogP contribution in [0, 0.1) is 0 Å². The summed E-state index contributed by atoms with van der Waals surface area (Å²) in [4.78, 5) is 16.8. The Balaban J connectivity index is 2.82. The van der Waals surface area contributed by atoms with Crippen LogP contribution in [0.5, 0.6) is 0 Å². The lowest BCUT2D eigenvalue weighted by molar-refractivity contribution is 0.0870. The molecule has 1 atom stereocenters. The lowest BCUT2D eigenvalue weighted by atomic mass is 10.1. The highest BCUT2D eigenvalue weighted by molar-refractivity contribution is 5.95. The summed E-state index contributed by atoms with van der Waals surface area (Å²) in [6.45, 7) is 7.48. The smallest absolute Gasteiger partial charge is 0.251 e. The molecular formula is C16H27N3O2. The second kappa shape index (κ2) is 9.34. The molecule has 0 spiro atoms. The van der Waals surface area contributed by atoms with Crippen molar-refractivity contribution in [1.29, 1.82) is 0 Å². The highest BCUT2D eigenvalue weighted by Crippen LogP contribution is 2.12. The number of hydrogen-bond donors (Lipinski definition) is 2. The van der Waals surface area contributed by atoms with E-state index in [9.17, 15) is 4.79 Å². The van der Waals surface area contributed by atoms with Gasteiger partial charge in [0.05, 0.1) is 6.10 Å². The van der Waals surface area contributed by atoms with E-state index in [1.54, 1.807) is 7.11 Å². The predicted octanol–water partition coefficient (Wildman–Crippen LogP) is 2.62. The maximum absolute atomic E-state index is 12.2. The van der Waals surface area contributed by atoms with Crippen LogP contribution < -0.4 is 10.6 Å². The number of nitrogens with zero attached hydrogens (tertiary/aromatic N) is 1. The van der Waals surface area contributed by atoms with Crippen molar-refractivity contribution in [3.63, 3.8) is 0 Å². The molecule has 0 fully saturated rings. The van der Waals surface area contributed by atoms with E-state index in [0.29, 0.717) is 12.1 Å². The fourth-order valence-corrected chi connectivity index (χ4v) is 1.87. The molecule has 1 amide bonds. The number of pyridine rings is 1. The van der Waals surface area contributed by atoms with E-state index < -0.39 is 0 Å². The number of carbonyl (C=O) groups excluding carboxylic acids is 1. The number of ether oxygens (including phenoxy) is 1. The second-order valence-corrected chi connectivity index (χ2v) is 5.17. The van der Waals surface area contributed by atoms with Crippen molar-refractivity contribution >= 4 is 11.7 Å². The molecule has 2 N–H and O–H groups in total. The van der Waals surface area contributed by atoms with Crippen molar-refractivity contribution in [3.05, 3.63) is 23.4 Å².